The van der Waals surface area contributed by atoms with E-state index in [1.807, 2.05) is 53.2 Å². The number of imidazole rings is 1. The molecule has 15 rings (SSSR count). The SMILES string of the molecule is [2H]c1c([2H])c([2H])c(-c2cccc3c2-c2cc(C(C)(C)C)cc(-n4c5ccccc5c5ccccc54)c2-[n+]2[c-]n(-c4[c-]c(Oc5[c-]c6c(cc5)c5ccccc5n6-c5cc(C(C)(C)C)ccn5)ccc4)c4cccc(c42)-c2ccccc2-3)c([2H])c1[2H].[Pt]. The molecule has 0 amide bonds. The summed E-state index contributed by atoms with van der Waals surface area (Å²) in [6.45, 7) is 13.3. The number of para-hydroxylation sites is 4. The van der Waals surface area contributed by atoms with Crippen LogP contribution in [0.4, 0.5) is 0 Å². The maximum atomic E-state index is 9.54. The number of fused-ring (bicyclic) bond motifs is 13. The van der Waals surface area contributed by atoms with E-state index in [4.69, 9.17) is 13.8 Å². The molecule has 0 fully saturated rings. The second-order valence-electron chi connectivity index (χ2n) is 22.8. The smallest absolute Gasteiger partial charge is 0.268 e. The van der Waals surface area contributed by atoms with Crippen LogP contribution in [0.5, 0.6) is 11.5 Å². The Morgan fingerprint density at radius 3 is 1.79 bits per heavy atom. The maximum absolute atomic E-state index is 9.54. The number of hydrogen-bond acceptors (Lipinski definition) is 2. The molecule has 0 N–H and O–H groups in total. The van der Waals surface area contributed by atoms with Gasteiger partial charge in [-0.3, -0.25) is 4.57 Å². The van der Waals surface area contributed by atoms with E-state index in [0.29, 0.717) is 22.7 Å². The average Bonchev–Trinajstić information content (AvgIpc) is 1.65. The van der Waals surface area contributed by atoms with Gasteiger partial charge >= 0.3 is 0 Å². The predicted octanol–water partition coefficient (Wildman–Crippen LogP) is 18.3. The number of aromatic nitrogens is 5. The van der Waals surface area contributed by atoms with Gasteiger partial charge in [-0.2, -0.15) is 18.2 Å². The van der Waals surface area contributed by atoms with Crippen LogP contribution in [0.1, 0.15) is 59.5 Å². The number of ether oxygens (including phenoxy) is 1. The molecule has 0 radical (unpaired) electrons. The standard InChI is InChI=1S/C74H55N5O.Pt/c1-73(2,3)48-39-40-75-69(43-48)79-65-35-17-14-29-58(65)59-38-37-52(45-67(59)79)80-51-24-18-23-50(44-51)76-46-77-71-61(32-20-36-66(71)76)55-26-11-10-25-54(55)60-31-19-30-53(47-21-8-7-9-22-47)70(60)62-41-49(74(4,5)6)42-68(72(62)77)78-63-33-15-12-27-56(63)57-28-13-16-34-64(57)78;/h7-43H,1-6H3;/q-2;/i7D,8D,9D,21D,22D;. The Labute approximate surface area is 493 Å². The quantitative estimate of drug-likeness (QED) is 0.123. The monoisotopic (exact) mass is 1230 g/mol. The van der Waals surface area contributed by atoms with Crippen LogP contribution in [0.2, 0.25) is 0 Å². The predicted molar refractivity (Wildman–Crippen MR) is 327 cm³/mol. The van der Waals surface area contributed by atoms with Crippen LogP contribution < -0.4 is 9.30 Å². The topological polar surface area (TPSA) is 40.8 Å². The van der Waals surface area contributed by atoms with Gasteiger partial charge in [0.25, 0.3) is 6.33 Å². The molecular formula is C74H55N5OPt-2. The fourth-order valence-corrected chi connectivity index (χ4v) is 12.1. The second kappa shape index (κ2) is 19.0. The van der Waals surface area contributed by atoms with Crippen LogP contribution in [0, 0.1) is 18.5 Å². The van der Waals surface area contributed by atoms with Gasteiger partial charge in [0.05, 0.1) is 40.3 Å². The van der Waals surface area contributed by atoms with Gasteiger partial charge in [-0.15, -0.1) is 29.7 Å². The zero-order chi connectivity index (χ0) is 58.4. The summed E-state index contributed by atoms with van der Waals surface area (Å²) < 4.78 is 61.4. The summed E-state index contributed by atoms with van der Waals surface area (Å²) in [7, 11) is 0. The van der Waals surface area contributed by atoms with Gasteiger partial charge in [-0.05, 0) is 114 Å². The van der Waals surface area contributed by atoms with E-state index in [2.05, 4.69) is 219 Å². The van der Waals surface area contributed by atoms with Crippen molar-refractivity contribution in [1.82, 2.24) is 18.7 Å². The molecule has 6 nitrogen and oxygen atoms in total. The zero-order valence-corrected chi connectivity index (χ0v) is 47.7. The summed E-state index contributed by atoms with van der Waals surface area (Å²) in [5.74, 6) is 1.80. The van der Waals surface area contributed by atoms with Crippen LogP contribution in [0.25, 0.3) is 122 Å². The van der Waals surface area contributed by atoms with Crippen molar-refractivity contribution in [2.75, 3.05) is 0 Å². The van der Waals surface area contributed by atoms with Crippen molar-refractivity contribution in [3.8, 4) is 78.9 Å². The Bertz CT molecular complexity index is 5080. The molecule has 1 aliphatic heterocycles. The molecule has 0 aliphatic carbocycles. The van der Waals surface area contributed by atoms with Crippen molar-refractivity contribution < 1.29 is 37.2 Å². The van der Waals surface area contributed by atoms with E-state index in [-0.39, 0.29) is 44.1 Å². The maximum Gasteiger partial charge on any atom is 0.268 e. The second-order valence-corrected chi connectivity index (χ2v) is 22.8. The molecule has 10 aromatic carbocycles. The van der Waals surface area contributed by atoms with Crippen LogP contribution >= 0.6 is 0 Å². The number of hydrogen-bond donors (Lipinski definition) is 0. The molecule has 0 saturated heterocycles. The summed E-state index contributed by atoms with van der Waals surface area (Å²) in [5.41, 5.74) is 15.4. The molecule has 7 heteroatoms. The van der Waals surface area contributed by atoms with Crippen molar-refractivity contribution in [3.63, 3.8) is 0 Å². The third kappa shape index (κ3) is 8.10. The van der Waals surface area contributed by atoms with Gasteiger partial charge in [0.15, 0.2) is 0 Å². The van der Waals surface area contributed by atoms with Crippen LogP contribution in [0.15, 0.2) is 224 Å². The number of nitrogens with zero attached hydrogens (tertiary/aromatic N) is 5. The molecule has 81 heavy (non-hydrogen) atoms. The Balaban J connectivity index is 0.00000653. The summed E-state index contributed by atoms with van der Waals surface area (Å²) >= 11 is 0. The third-order valence-corrected chi connectivity index (χ3v) is 15.9. The van der Waals surface area contributed by atoms with Crippen molar-refractivity contribution in [2.24, 2.45) is 0 Å². The van der Waals surface area contributed by atoms with Gasteiger partial charge in [0.2, 0.25) is 0 Å². The van der Waals surface area contributed by atoms with Crippen molar-refractivity contribution in [3.05, 3.63) is 254 Å². The first kappa shape index (κ1) is 44.7. The Kier molecular flexibility index (Phi) is 10.5. The Morgan fingerprint density at radius 1 is 0.494 bits per heavy atom. The van der Waals surface area contributed by atoms with E-state index in [1.165, 1.54) is 5.56 Å². The molecule has 5 heterocycles. The van der Waals surface area contributed by atoms with Crippen molar-refractivity contribution in [2.45, 2.75) is 52.4 Å². The first-order valence-electron chi connectivity index (χ1n) is 29.6. The van der Waals surface area contributed by atoms with Gasteiger partial charge in [0, 0.05) is 55.1 Å². The minimum absolute atomic E-state index is 0. The summed E-state index contributed by atoms with van der Waals surface area (Å²) in [4.78, 5) is 4.90. The average molecular weight is 1230 g/mol. The molecular weight excluding hydrogens is 1170 g/mol. The first-order chi connectivity index (χ1) is 41.0. The molecule has 0 atom stereocenters. The summed E-state index contributed by atoms with van der Waals surface area (Å²) in [6, 6.07) is 70.3. The van der Waals surface area contributed by atoms with Gasteiger partial charge in [0.1, 0.15) is 5.82 Å². The number of pyridine rings is 1. The molecule has 1 aliphatic rings. The zero-order valence-electron chi connectivity index (χ0n) is 50.4. The first-order valence-corrected chi connectivity index (χ1v) is 27.1. The van der Waals surface area contributed by atoms with E-state index >= 15 is 0 Å². The van der Waals surface area contributed by atoms with Gasteiger partial charge in [-0.25, -0.2) is 4.98 Å². The van der Waals surface area contributed by atoms with Gasteiger partial charge in [-0.1, -0.05) is 199 Å². The number of benzene rings is 10. The normalized spacial score (nSPS) is 13.1. The third-order valence-electron chi connectivity index (χ3n) is 15.9. The van der Waals surface area contributed by atoms with Crippen molar-refractivity contribution in [1.29, 1.82) is 0 Å². The van der Waals surface area contributed by atoms with E-state index in [9.17, 15) is 2.74 Å². The Morgan fingerprint density at radius 2 is 1.07 bits per heavy atom. The Hall–Kier alpha value is -9.09. The molecule has 0 spiro atoms. The van der Waals surface area contributed by atoms with Gasteiger partial charge < -0.3 is 18.4 Å². The van der Waals surface area contributed by atoms with E-state index in [0.717, 1.165) is 111 Å². The number of rotatable bonds is 6. The fraction of sp³-hybridized carbons (Fsp3) is 0.108. The fourth-order valence-electron chi connectivity index (χ4n) is 12.1. The van der Waals surface area contributed by atoms with Crippen molar-refractivity contribution >= 4 is 54.6 Å². The molecule has 4 aromatic heterocycles. The molecule has 0 bridgehead atoms. The van der Waals surface area contributed by atoms with Crippen LogP contribution in [-0.2, 0) is 31.9 Å². The molecule has 0 unspecified atom stereocenters. The minimum atomic E-state index is -0.447. The summed E-state index contributed by atoms with van der Waals surface area (Å²) in [5, 5.41) is 4.31. The van der Waals surface area contributed by atoms with Crippen LogP contribution in [-0.4, -0.2) is 18.7 Å². The molecule has 394 valence electrons. The van der Waals surface area contributed by atoms with Crippen LogP contribution in [0.3, 0.4) is 0 Å². The molecule has 14 aromatic rings. The molecule has 0 saturated carbocycles. The van der Waals surface area contributed by atoms with E-state index in [1.54, 1.807) is 0 Å². The summed E-state index contributed by atoms with van der Waals surface area (Å²) in [6.07, 6.45) is 5.83. The van der Waals surface area contributed by atoms with E-state index < -0.39 is 23.5 Å². The minimum Gasteiger partial charge on any atom is -0.510 e. The largest absolute Gasteiger partial charge is 0.510 e.